The largest absolute Gasteiger partial charge is 0.444 e. The van der Waals surface area contributed by atoms with Crippen LogP contribution in [-0.2, 0) is 4.74 Å². The number of anilines is 1. The molecule has 0 aromatic heterocycles. The molecule has 0 heterocycles. The number of amides is 1. The summed E-state index contributed by atoms with van der Waals surface area (Å²) in [4.78, 5) is 21.9. The maximum absolute atomic E-state index is 11.7. The highest BCUT2D eigenvalue weighted by Gasteiger charge is 2.17. The van der Waals surface area contributed by atoms with Gasteiger partial charge in [0.15, 0.2) is 5.03 Å². The van der Waals surface area contributed by atoms with Gasteiger partial charge in [-0.2, -0.15) is 0 Å². The third-order valence-electron chi connectivity index (χ3n) is 2.87. The number of rotatable bonds is 5. The fourth-order valence-electron chi connectivity index (χ4n) is 1.85. The SMILES string of the molecule is CC(CNC(=O)OC(C)(C)C)c1cccc(NC(N)=N[N+](=O)[O-])c1. The number of hydrogen-bond donors (Lipinski definition) is 3. The number of carbonyl (C=O) groups excluding carboxylic acids is 1. The van der Waals surface area contributed by atoms with Crippen LogP contribution >= 0.6 is 0 Å². The van der Waals surface area contributed by atoms with Gasteiger partial charge in [0.25, 0.3) is 5.96 Å². The van der Waals surface area contributed by atoms with Gasteiger partial charge in [-0.15, -0.1) is 0 Å². The number of alkyl carbamates (subject to hydrolysis) is 1. The van der Waals surface area contributed by atoms with E-state index in [1.54, 1.807) is 39.0 Å². The Balaban J connectivity index is 2.65. The molecule has 0 fully saturated rings. The van der Waals surface area contributed by atoms with Crippen molar-refractivity contribution in [1.82, 2.24) is 5.32 Å². The minimum absolute atomic E-state index is 0.00736. The second-order valence-corrected chi connectivity index (χ2v) is 6.26. The summed E-state index contributed by atoms with van der Waals surface area (Å²) in [6.45, 7) is 7.70. The van der Waals surface area contributed by atoms with Crippen molar-refractivity contribution in [3.05, 3.63) is 39.9 Å². The van der Waals surface area contributed by atoms with Crippen molar-refractivity contribution in [2.45, 2.75) is 39.2 Å². The molecular formula is C15H23N5O4. The van der Waals surface area contributed by atoms with Crippen LogP contribution in [0.15, 0.2) is 29.4 Å². The van der Waals surface area contributed by atoms with Gasteiger partial charge >= 0.3 is 6.09 Å². The van der Waals surface area contributed by atoms with Gasteiger partial charge in [-0.1, -0.05) is 19.1 Å². The zero-order chi connectivity index (χ0) is 18.3. The van der Waals surface area contributed by atoms with Gasteiger partial charge in [-0.3, -0.25) is 0 Å². The van der Waals surface area contributed by atoms with Crippen LogP contribution in [-0.4, -0.2) is 29.2 Å². The Bertz CT molecular complexity index is 625. The Morgan fingerprint density at radius 1 is 1.46 bits per heavy atom. The second kappa shape index (κ2) is 8.14. The van der Waals surface area contributed by atoms with E-state index in [2.05, 4.69) is 15.7 Å². The number of ether oxygens (including phenoxy) is 1. The number of benzene rings is 1. The second-order valence-electron chi connectivity index (χ2n) is 6.26. The zero-order valence-electron chi connectivity index (χ0n) is 14.2. The molecule has 0 saturated heterocycles. The number of guanidine groups is 1. The molecule has 0 aliphatic rings. The minimum Gasteiger partial charge on any atom is -0.444 e. The van der Waals surface area contributed by atoms with E-state index in [4.69, 9.17) is 10.5 Å². The summed E-state index contributed by atoms with van der Waals surface area (Å²) in [5, 5.41) is 17.7. The fourth-order valence-corrected chi connectivity index (χ4v) is 1.85. The van der Waals surface area contributed by atoms with Crippen LogP contribution in [0.3, 0.4) is 0 Å². The lowest BCUT2D eigenvalue weighted by Crippen LogP contribution is -2.34. The topological polar surface area (TPSA) is 132 Å². The van der Waals surface area contributed by atoms with Crippen molar-refractivity contribution in [1.29, 1.82) is 0 Å². The average Bonchev–Trinajstić information content (AvgIpc) is 2.42. The number of nitrogens with one attached hydrogen (secondary N) is 2. The van der Waals surface area contributed by atoms with Gasteiger partial charge in [0.1, 0.15) is 10.7 Å². The molecule has 0 radical (unpaired) electrons. The van der Waals surface area contributed by atoms with Gasteiger partial charge in [-0.25, -0.2) is 14.9 Å². The third kappa shape index (κ3) is 7.43. The molecule has 1 unspecified atom stereocenters. The third-order valence-corrected chi connectivity index (χ3v) is 2.87. The van der Waals surface area contributed by atoms with Crippen LogP contribution in [0.25, 0.3) is 0 Å². The van der Waals surface area contributed by atoms with Crippen molar-refractivity contribution >= 4 is 17.7 Å². The highest BCUT2D eigenvalue weighted by atomic mass is 16.7. The van der Waals surface area contributed by atoms with Crippen LogP contribution in [0, 0.1) is 10.1 Å². The molecule has 4 N–H and O–H groups in total. The average molecular weight is 337 g/mol. The summed E-state index contributed by atoms with van der Waals surface area (Å²) < 4.78 is 5.18. The Kier molecular flexibility index (Phi) is 6.51. The molecule has 1 rings (SSSR count). The molecule has 9 nitrogen and oxygen atoms in total. The Morgan fingerprint density at radius 2 is 2.12 bits per heavy atom. The summed E-state index contributed by atoms with van der Waals surface area (Å²) in [5.41, 5.74) is 6.35. The monoisotopic (exact) mass is 337 g/mol. The molecular weight excluding hydrogens is 314 g/mol. The maximum atomic E-state index is 11.7. The number of carbonyl (C=O) groups is 1. The van der Waals surface area contributed by atoms with Crippen LogP contribution in [0.1, 0.15) is 39.2 Å². The van der Waals surface area contributed by atoms with Crippen molar-refractivity contribution < 1.29 is 14.6 Å². The van der Waals surface area contributed by atoms with Crippen molar-refractivity contribution in [2.24, 2.45) is 10.8 Å². The van der Waals surface area contributed by atoms with E-state index in [-0.39, 0.29) is 11.9 Å². The van der Waals surface area contributed by atoms with Crippen LogP contribution in [0.4, 0.5) is 10.5 Å². The molecule has 0 bridgehead atoms. The molecule has 1 aromatic carbocycles. The van der Waals surface area contributed by atoms with E-state index in [9.17, 15) is 14.9 Å². The van der Waals surface area contributed by atoms with E-state index >= 15 is 0 Å². The van der Waals surface area contributed by atoms with Gasteiger partial charge in [0.05, 0.1) is 0 Å². The first-order chi connectivity index (χ1) is 11.1. The van der Waals surface area contributed by atoms with Gasteiger partial charge < -0.3 is 21.1 Å². The lowest BCUT2D eigenvalue weighted by molar-refractivity contribution is -0.485. The van der Waals surface area contributed by atoms with E-state index < -0.39 is 16.7 Å². The number of hydrogen-bond acceptors (Lipinski definition) is 4. The number of nitro groups is 1. The normalized spacial score (nSPS) is 13.1. The first kappa shape index (κ1) is 19.2. The highest BCUT2D eigenvalue weighted by molar-refractivity contribution is 5.91. The summed E-state index contributed by atoms with van der Waals surface area (Å²) in [7, 11) is 0. The Labute approximate surface area is 140 Å². The summed E-state index contributed by atoms with van der Waals surface area (Å²) >= 11 is 0. The smallest absolute Gasteiger partial charge is 0.407 e. The highest BCUT2D eigenvalue weighted by Crippen LogP contribution is 2.19. The van der Waals surface area contributed by atoms with Crippen molar-refractivity contribution in [3.63, 3.8) is 0 Å². The molecule has 132 valence electrons. The maximum Gasteiger partial charge on any atom is 0.407 e. The van der Waals surface area contributed by atoms with Gasteiger partial charge in [-0.05, 0) is 44.4 Å². The lowest BCUT2D eigenvalue weighted by Gasteiger charge is -2.21. The van der Waals surface area contributed by atoms with Gasteiger partial charge in [0, 0.05) is 12.2 Å². The zero-order valence-corrected chi connectivity index (χ0v) is 14.2. The summed E-state index contributed by atoms with van der Waals surface area (Å²) in [5.74, 6) is -0.301. The van der Waals surface area contributed by atoms with Crippen LogP contribution < -0.4 is 16.4 Å². The molecule has 0 aliphatic carbocycles. The van der Waals surface area contributed by atoms with Crippen molar-refractivity contribution in [3.8, 4) is 0 Å². The predicted octanol–water partition coefficient (Wildman–Crippen LogP) is 2.23. The minimum atomic E-state index is -0.875. The number of hydrazone groups is 1. The fraction of sp³-hybridized carbons (Fsp3) is 0.467. The first-order valence-corrected chi connectivity index (χ1v) is 7.39. The molecule has 24 heavy (non-hydrogen) atoms. The van der Waals surface area contributed by atoms with E-state index in [0.717, 1.165) is 5.56 Å². The summed E-state index contributed by atoms with van der Waals surface area (Å²) in [6, 6.07) is 7.15. The van der Waals surface area contributed by atoms with Crippen LogP contribution in [0.5, 0.6) is 0 Å². The van der Waals surface area contributed by atoms with E-state index in [0.29, 0.717) is 12.2 Å². The molecule has 1 amide bonds. The molecule has 0 aliphatic heterocycles. The molecule has 0 spiro atoms. The molecule has 1 atom stereocenters. The Hall–Kier alpha value is -2.84. The van der Waals surface area contributed by atoms with E-state index in [1.165, 1.54) is 0 Å². The Morgan fingerprint density at radius 3 is 2.71 bits per heavy atom. The summed E-state index contributed by atoms with van der Waals surface area (Å²) in [6.07, 6.45) is -0.481. The lowest BCUT2D eigenvalue weighted by atomic mass is 10.0. The van der Waals surface area contributed by atoms with Crippen molar-refractivity contribution in [2.75, 3.05) is 11.9 Å². The number of nitrogens with two attached hydrogens (primary N) is 1. The molecule has 0 saturated carbocycles. The predicted molar refractivity (Wildman–Crippen MR) is 91.3 cm³/mol. The standard InChI is InChI=1S/C15H23N5O4/c1-10(9-17-14(21)24-15(2,3)4)11-6-5-7-12(8-11)18-13(16)19-20(22)23/h5-8,10H,9H2,1-4H3,(H,17,21)(H3,16,18,19). The first-order valence-electron chi connectivity index (χ1n) is 7.39. The van der Waals surface area contributed by atoms with Gasteiger partial charge in [0.2, 0.25) is 0 Å². The molecule has 9 heteroatoms. The molecule has 1 aromatic rings. The van der Waals surface area contributed by atoms with Crippen LogP contribution in [0.2, 0.25) is 0 Å². The number of nitrogens with zero attached hydrogens (tertiary/aromatic N) is 2. The quantitative estimate of drug-likeness (QED) is 0.327. The van der Waals surface area contributed by atoms with E-state index in [1.807, 2.05) is 13.0 Å².